The zero-order valence-electron chi connectivity index (χ0n) is 28.5. The molecule has 4 unspecified atom stereocenters. The molecule has 3 rings (SSSR count). The van der Waals surface area contributed by atoms with Crippen LogP contribution in [0.25, 0.3) is 11.2 Å². The van der Waals surface area contributed by atoms with E-state index in [1.807, 2.05) is 13.2 Å². The van der Waals surface area contributed by atoms with Crippen LogP contribution in [0.3, 0.4) is 0 Å². The molecule has 1 aromatic carbocycles. The molecular weight excluding hydrogens is 680 g/mol. The fourth-order valence-electron chi connectivity index (χ4n) is 4.88. The van der Waals surface area contributed by atoms with Crippen LogP contribution in [0.15, 0.2) is 35.3 Å². The zero-order chi connectivity index (χ0) is 37.2. The Hall–Kier alpha value is -5.23. The molecule has 3 aromatic rings. The number of carbonyl (C=O) groups is 6. The van der Waals surface area contributed by atoms with Crippen LogP contribution >= 0.6 is 11.8 Å². The second kappa shape index (κ2) is 21.1. The van der Waals surface area contributed by atoms with Gasteiger partial charge in [0.15, 0.2) is 11.2 Å². The number of aromatic nitrogens is 4. The van der Waals surface area contributed by atoms with Crippen LogP contribution in [0.4, 0.5) is 11.6 Å². The van der Waals surface area contributed by atoms with Crippen molar-refractivity contribution in [3.05, 3.63) is 52.1 Å². The molecule has 3 amide bonds. The summed E-state index contributed by atoms with van der Waals surface area (Å²) in [4.78, 5) is 98.6. The smallest absolute Gasteiger partial charge is 0.280 e. The average Bonchev–Trinajstić information content (AvgIpc) is 3.12. The molecule has 4 atom stereocenters. The van der Waals surface area contributed by atoms with Crippen molar-refractivity contribution in [2.75, 3.05) is 29.6 Å². The number of aldehydes is 3. The molecule has 2 aromatic heterocycles. The van der Waals surface area contributed by atoms with Crippen molar-refractivity contribution in [1.82, 2.24) is 41.2 Å². The maximum absolute atomic E-state index is 12.8. The molecule has 8 N–H and O–H groups in total. The summed E-state index contributed by atoms with van der Waals surface area (Å²) in [5.74, 6) is -0.629. The normalized spacial score (nSPS) is 13.3. The highest BCUT2D eigenvalue weighted by Crippen LogP contribution is 2.12. The van der Waals surface area contributed by atoms with Crippen LogP contribution in [0, 0.1) is 0 Å². The van der Waals surface area contributed by atoms with Crippen LogP contribution in [-0.2, 0) is 30.5 Å². The van der Waals surface area contributed by atoms with E-state index >= 15 is 0 Å². The summed E-state index contributed by atoms with van der Waals surface area (Å²) in [7, 11) is 0. The first kappa shape index (κ1) is 40.2. The van der Waals surface area contributed by atoms with E-state index in [4.69, 9.17) is 5.73 Å². The van der Waals surface area contributed by atoms with Gasteiger partial charge in [-0.1, -0.05) is 0 Å². The predicted octanol–water partition coefficient (Wildman–Crippen LogP) is 0.254. The summed E-state index contributed by atoms with van der Waals surface area (Å²) in [5, 5.41) is 14.3. The molecule has 0 radical (unpaired) electrons. The van der Waals surface area contributed by atoms with Crippen LogP contribution in [0.1, 0.15) is 61.5 Å². The number of fused-ring (bicyclic) bond motifs is 1. The van der Waals surface area contributed by atoms with Gasteiger partial charge in [-0.15, -0.1) is 0 Å². The fraction of sp³-hybridized carbons (Fsp3) is 0.455. The van der Waals surface area contributed by atoms with Crippen LogP contribution in [0.2, 0.25) is 0 Å². The highest BCUT2D eigenvalue weighted by Gasteiger charge is 2.18. The van der Waals surface area contributed by atoms with Crippen molar-refractivity contribution in [1.29, 1.82) is 0 Å². The van der Waals surface area contributed by atoms with Crippen molar-refractivity contribution in [2.45, 2.75) is 76.2 Å². The van der Waals surface area contributed by atoms with E-state index in [0.717, 1.165) is 12.7 Å². The molecule has 17 nitrogen and oxygen atoms in total. The van der Waals surface area contributed by atoms with Crippen molar-refractivity contribution in [2.24, 2.45) is 0 Å². The molecule has 0 fully saturated rings. The van der Waals surface area contributed by atoms with Gasteiger partial charge in [-0.25, -0.2) is 9.97 Å². The highest BCUT2D eigenvalue weighted by atomic mass is 32.2. The minimum atomic E-state index is -0.951. The minimum absolute atomic E-state index is 0.00175. The number of aromatic amines is 1. The molecular formula is C33H44N10O7S. The Morgan fingerprint density at radius 2 is 1.55 bits per heavy atom. The maximum atomic E-state index is 12.8. The highest BCUT2D eigenvalue weighted by molar-refractivity contribution is 7.98. The Morgan fingerprint density at radius 1 is 0.902 bits per heavy atom. The number of anilines is 2. The SMILES string of the molecule is CSCC(C=O)NCCCC(C)NC(=O)CCC(C=O)NC(=O)CCC(C=O)NC(=O)c1ccc(NCc2cnc3nc(N)[nH]c(=O)c3n2)cc1. The first-order chi connectivity index (χ1) is 24.5. The van der Waals surface area contributed by atoms with Crippen LogP contribution in [0.5, 0.6) is 0 Å². The van der Waals surface area contributed by atoms with Gasteiger partial charge in [0.1, 0.15) is 18.9 Å². The van der Waals surface area contributed by atoms with Crippen molar-refractivity contribution >= 4 is 71.1 Å². The zero-order valence-corrected chi connectivity index (χ0v) is 29.3. The summed E-state index contributed by atoms with van der Waals surface area (Å²) in [6, 6.07) is 4.27. The van der Waals surface area contributed by atoms with E-state index < -0.39 is 29.5 Å². The third-order valence-electron chi connectivity index (χ3n) is 7.60. The van der Waals surface area contributed by atoms with Gasteiger partial charge in [-0.05, 0) is 69.7 Å². The van der Waals surface area contributed by atoms with Crippen LogP contribution in [-0.4, -0.2) is 99.2 Å². The maximum Gasteiger partial charge on any atom is 0.280 e. The Bertz CT molecular complexity index is 1710. The standard InChI is InChI=1S/C33H44N10O7S/c1-20(4-3-13-35-26(18-46)19-51-2)38-27(47)11-9-23(16-44)39-28(48)12-10-24(17-45)41-31(49)21-5-7-22(8-6-21)36-14-25-15-37-30-29(40-25)32(50)43-33(34)42-30/h5-8,15-18,20,23-24,26,35-36H,3-4,9-14,19H2,1-2H3,(H,38,47)(H,39,48)(H,41,49)(H3,34,37,42,43,50). The second-order valence-corrected chi connectivity index (χ2v) is 12.7. The third kappa shape index (κ3) is 13.9. The fourth-order valence-corrected chi connectivity index (χ4v) is 5.44. The number of thioether (sulfide) groups is 1. The molecule has 0 aliphatic rings. The number of nitrogens with zero attached hydrogens (tertiary/aromatic N) is 3. The molecule has 2 heterocycles. The number of rotatable bonds is 23. The number of nitrogen functional groups attached to an aromatic ring is 1. The van der Waals surface area contributed by atoms with E-state index in [1.165, 1.54) is 6.20 Å². The molecule has 274 valence electrons. The number of hydrogen-bond donors (Lipinski definition) is 7. The topological polar surface area (TPSA) is 260 Å². The number of amides is 3. The Morgan fingerprint density at radius 3 is 2.20 bits per heavy atom. The Balaban J connectivity index is 1.36. The molecule has 18 heteroatoms. The average molecular weight is 725 g/mol. The second-order valence-electron chi connectivity index (χ2n) is 11.8. The lowest BCUT2D eigenvalue weighted by atomic mass is 10.1. The van der Waals surface area contributed by atoms with Gasteiger partial charge < -0.3 is 46.7 Å². The first-order valence-corrected chi connectivity index (χ1v) is 17.8. The third-order valence-corrected chi connectivity index (χ3v) is 8.29. The van der Waals surface area contributed by atoms with Crippen LogP contribution < -0.4 is 37.9 Å². The summed E-state index contributed by atoms with van der Waals surface area (Å²) < 4.78 is 0. The van der Waals surface area contributed by atoms with Gasteiger partial charge in [-0.2, -0.15) is 16.7 Å². The van der Waals surface area contributed by atoms with Gasteiger partial charge >= 0.3 is 0 Å². The molecule has 0 bridgehead atoms. The lowest BCUT2D eigenvalue weighted by molar-refractivity contribution is -0.125. The molecule has 0 aliphatic heterocycles. The molecule has 0 saturated carbocycles. The van der Waals surface area contributed by atoms with Crippen molar-refractivity contribution < 1.29 is 28.8 Å². The quantitative estimate of drug-likeness (QED) is 0.0511. The summed E-state index contributed by atoms with van der Waals surface area (Å²) in [6.07, 6.45) is 6.84. The Kier molecular flexibility index (Phi) is 16.6. The summed E-state index contributed by atoms with van der Waals surface area (Å²) in [6.45, 7) is 2.75. The number of carbonyl (C=O) groups excluding carboxylic acids is 6. The molecule has 0 spiro atoms. The van der Waals surface area contributed by atoms with Gasteiger partial charge in [0, 0.05) is 35.9 Å². The van der Waals surface area contributed by atoms with Gasteiger partial charge in [0.25, 0.3) is 11.5 Å². The monoisotopic (exact) mass is 724 g/mol. The van der Waals surface area contributed by atoms with Crippen molar-refractivity contribution in [3.8, 4) is 0 Å². The lowest BCUT2D eigenvalue weighted by Crippen LogP contribution is -2.40. The van der Waals surface area contributed by atoms with E-state index in [2.05, 4.69) is 46.5 Å². The summed E-state index contributed by atoms with van der Waals surface area (Å²) in [5.41, 5.74) is 6.62. The number of H-pyrrole nitrogens is 1. The van der Waals surface area contributed by atoms with E-state index in [1.54, 1.807) is 36.0 Å². The first-order valence-electron chi connectivity index (χ1n) is 16.4. The minimum Gasteiger partial charge on any atom is -0.379 e. The van der Waals surface area contributed by atoms with E-state index in [9.17, 15) is 33.6 Å². The summed E-state index contributed by atoms with van der Waals surface area (Å²) >= 11 is 1.58. The van der Waals surface area contributed by atoms with Gasteiger partial charge in [-0.3, -0.25) is 24.2 Å². The lowest BCUT2D eigenvalue weighted by Gasteiger charge is -2.17. The molecule has 51 heavy (non-hydrogen) atoms. The number of nitrogens with two attached hydrogens (primary N) is 1. The molecule has 0 saturated heterocycles. The van der Waals surface area contributed by atoms with Gasteiger partial charge in [0.2, 0.25) is 17.8 Å². The largest absolute Gasteiger partial charge is 0.379 e. The number of nitrogens with one attached hydrogen (secondary N) is 6. The van der Waals surface area contributed by atoms with Crippen molar-refractivity contribution in [3.63, 3.8) is 0 Å². The predicted molar refractivity (Wildman–Crippen MR) is 193 cm³/mol. The van der Waals surface area contributed by atoms with E-state index in [0.29, 0.717) is 42.7 Å². The Labute approximate surface area is 298 Å². The molecule has 0 aliphatic carbocycles. The van der Waals surface area contributed by atoms with Gasteiger partial charge in [0.05, 0.1) is 36.6 Å². The van der Waals surface area contributed by atoms with E-state index in [-0.39, 0.29) is 72.9 Å². The number of hydrogen-bond acceptors (Lipinski definition) is 14. The number of benzene rings is 1.